The fourth-order valence-electron chi connectivity index (χ4n) is 4.53. The monoisotopic (exact) mass is 274 g/mol. The van der Waals surface area contributed by atoms with Gasteiger partial charge in [0.25, 0.3) is 0 Å². The van der Waals surface area contributed by atoms with Gasteiger partial charge in [-0.1, -0.05) is 24.2 Å². The zero-order chi connectivity index (χ0) is 13.7. The van der Waals surface area contributed by atoms with Crippen molar-refractivity contribution in [1.29, 1.82) is 0 Å². The highest BCUT2D eigenvalue weighted by Crippen LogP contribution is 2.52. The molecule has 0 N–H and O–H groups in total. The maximum absolute atomic E-state index is 5.67. The number of nitrogens with zero attached hydrogens (tertiary/aromatic N) is 2. The Hall–Kier alpha value is -1.32. The summed E-state index contributed by atoms with van der Waals surface area (Å²) < 4.78 is 5.61. The van der Waals surface area contributed by atoms with Gasteiger partial charge in [0.1, 0.15) is 11.9 Å². The van der Waals surface area contributed by atoms with Gasteiger partial charge >= 0.3 is 0 Å². The number of aryl methyl sites for hydroxylation is 1. The molecule has 2 aliphatic carbocycles. The van der Waals surface area contributed by atoms with Gasteiger partial charge in [-0.2, -0.15) is 0 Å². The van der Waals surface area contributed by atoms with Gasteiger partial charge in [-0.05, 0) is 38.5 Å². The number of fused-ring (bicyclic) bond motifs is 4. The molecule has 1 aliphatic heterocycles. The van der Waals surface area contributed by atoms with E-state index in [-0.39, 0.29) is 11.5 Å². The minimum absolute atomic E-state index is 0.0269. The normalized spacial score (nSPS) is 34.8. The SMILES string of the molecule is CCc1onc2c1CCC[C@@]21CC[C@@H]2C1=NOC2CC. The number of hydrogen-bond donors (Lipinski definition) is 0. The van der Waals surface area contributed by atoms with Crippen LogP contribution in [0.2, 0.25) is 0 Å². The van der Waals surface area contributed by atoms with Gasteiger partial charge in [0.05, 0.1) is 16.8 Å². The Morgan fingerprint density at radius 1 is 1.30 bits per heavy atom. The number of hydrogen-bond acceptors (Lipinski definition) is 4. The molecule has 1 saturated carbocycles. The second-order valence-corrected chi connectivity index (χ2v) is 6.40. The van der Waals surface area contributed by atoms with E-state index in [1.165, 1.54) is 36.2 Å². The summed E-state index contributed by atoms with van der Waals surface area (Å²) in [4.78, 5) is 5.67. The first-order valence-electron chi connectivity index (χ1n) is 8.02. The third kappa shape index (κ3) is 1.42. The van der Waals surface area contributed by atoms with Gasteiger partial charge in [0.15, 0.2) is 0 Å². The van der Waals surface area contributed by atoms with E-state index in [9.17, 15) is 0 Å². The molecule has 1 aromatic heterocycles. The summed E-state index contributed by atoms with van der Waals surface area (Å²) in [5, 5.41) is 8.96. The van der Waals surface area contributed by atoms with Crippen molar-refractivity contribution >= 4 is 5.71 Å². The summed E-state index contributed by atoms with van der Waals surface area (Å²) in [7, 11) is 0. The molecule has 4 heteroatoms. The molecule has 1 aromatic rings. The zero-order valence-corrected chi connectivity index (χ0v) is 12.3. The fraction of sp³-hybridized carbons (Fsp3) is 0.750. The summed E-state index contributed by atoms with van der Waals surface area (Å²) >= 11 is 0. The minimum Gasteiger partial charge on any atom is -0.392 e. The van der Waals surface area contributed by atoms with Crippen LogP contribution in [-0.4, -0.2) is 17.0 Å². The first-order chi connectivity index (χ1) is 9.80. The average molecular weight is 274 g/mol. The molecule has 4 rings (SSSR count). The smallest absolute Gasteiger partial charge is 0.139 e. The number of rotatable bonds is 2. The highest BCUT2D eigenvalue weighted by atomic mass is 16.6. The van der Waals surface area contributed by atoms with E-state index in [2.05, 4.69) is 24.2 Å². The second-order valence-electron chi connectivity index (χ2n) is 6.40. The fourth-order valence-corrected chi connectivity index (χ4v) is 4.53. The van der Waals surface area contributed by atoms with Crippen molar-refractivity contribution in [3.05, 3.63) is 17.0 Å². The van der Waals surface area contributed by atoms with Crippen LogP contribution in [0.15, 0.2) is 9.68 Å². The van der Waals surface area contributed by atoms with Crippen molar-refractivity contribution < 1.29 is 9.36 Å². The first kappa shape index (κ1) is 12.4. The standard InChI is InChI=1S/C16H22N2O2/c1-3-12-10-6-5-8-16(14(10)17-19-12)9-7-11-13(4-2)20-18-15(11)16/h11,13H,3-9H2,1-2H3/t11-,13?,16+/m0/s1. The summed E-state index contributed by atoms with van der Waals surface area (Å²) in [5.41, 5.74) is 3.84. The summed E-state index contributed by atoms with van der Waals surface area (Å²) in [6, 6.07) is 0. The lowest BCUT2D eigenvalue weighted by molar-refractivity contribution is 0.0562. The van der Waals surface area contributed by atoms with Gasteiger partial charge in [0, 0.05) is 17.9 Å². The summed E-state index contributed by atoms with van der Waals surface area (Å²) in [6.07, 6.45) is 8.09. The molecule has 2 heterocycles. The largest absolute Gasteiger partial charge is 0.392 e. The van der Waals surface area contributed by atoms with Crippen LogP contribution in [0.25, 0.3) is 0 Å². The third-order valence-electron chi connectivity index (χ3n) is 5.54. The van der Waals surface area contributed by atoms with E-state index >= 15 is 0 Å². The predicted molar refractivity (Wildman–Crippen MR) is 75.8 cm³/mol. The van der Waals surface area contributed by atoms with E-state index in [0.717, 1.165) is 31.4 Å². The van der Waals surface area contributed by atoms with E-state index in [0.29, 0.717) is 5.92 Å². The van der Waals surface area contributed by atoms with Crippen molar-refractivity contribution in [2.75, 3.05) is 0 Å². The molecule has 3 aliphatic rings. The lowest BCUT2D eigenvalue weighted by Crippen LogP contribution is -2.37. The third-order valence-corrected chi connectivity index (χ3v) is 5.54. The lowest BCUT2D eigenvalue weighted by Gasteiger charge is -2.31. The van der Waals surface area contributed by atoms with E-state index < -0.39 is 0 Å². The molecule has 0 saturated heterocycles. The van der Waals surface area contributed by atoms with Gasteiger partial charge in [-0.15, -0.1) is 0 Å². The molecule has 20 heavy (non-hydrogen) atoms. The van der Waals surface area contributed by atoms with Crippen molar-refractivity contribution in [3.63, 3.8) is 0 Å². The quantitative estimate of drug-likeness (QED) is 0.830. The van der Waals surface area contributed by atoms with Crippen LogP contribution in [-0.2, 0) is 23.1 Å². The molecular formula is C16H22N2O2. The molecule has 1 fully saturated rings. The van der Waals surface area contributed by atoms with E-state index in [1.807, 2.05) is 0 Å². The van der Waals surface area contributed by atoms with Crippen molar-refractivity contribution in [2.45, 2.75) is 70.3 Å². The molecule has 108 valence electrons. The van der Waals surface area contributed by atoms with Crippen molar-refractivity contribution in [2.24, 2.45) is 11.1 Å². The van der Waals surface area contributed by atoms with Crippen molar-refractivity contribution in [1.82, 2.24) is 5.16 Å². The zero-order valence-electron chi connectivity index (χ0n) is 12.3. The molecular weight excluding hydrogens is 252 g/mol. The van der Waals surface area contributed by atoms with Crippen LogP contribution in [0.4, 0.5) is 0 Å². The Kier molecular flexibility index (Phi) is 2.69. The van der Waals surface area contributed by atoms with E-state index in [1.54, 1.807) is 0 Å². The van der Waals surface area contributed by atoms with Gasteiger partial charge in [0.2, 0.25) is 0 Å². The maximum atomic E-state index is 5.67. The maximum Gasteiger partial charge on any atom is 0.139 e. The molecule has 0 amide bonds. The van der Waals surface area contributed by atoms with Crippen LogP contribution in [0, 0.1) is 5.92 Å². The van der Waals surface area contributed by atoms with E-state index in [4.69, 9.17) is 9.36 Å². The predicted octanol–water partition coefficient (Wildman–Crippen LogP) is 3.39. The highest BCUT2D eigenvalue weighted by Gasteiger charge is 2.55. The number of oxime groups is 1. The molecule has 1 unspecified atom stereocenters. The van der Waals surface area contributed by atoms with Crippen LogP contribution < -0.4 is 0 Å². The van der Waals surface area contributed by atoms with Gasteiger partial charge in [-0.25, -0.2) is 0 Å². The second kappa shape index (κ2) is 4.34. The first-order valence-corrected chi connectivity index (χ1v) is 8.02. The van der Waals surface area contributed by atoms with Gasteiger partial charge < -0.3 is 9.36 Å². The molecule has 0 aromatic carbocycles. The summed E-state index contributed by atoms with van der Waals surface area (Å²) in [6.45, 7) is 4.33. The Bertz CT molecular complexity index is 563. The van der Waals surface area contributed by atoms with Crippen molar-refractivity contribution in [3.8, 4) is 0 Å². The van der Waals surface area contributed by atoms with Crippen LogP contribution in [0.1, 0.15) is 63.0 Å². The Morgan fingerprint density at radius 2 is 2.20 bits per heavy atom. The Labute approximate surface area is 119 Å². The van der Waals surface area contributed by atoms with Crippen LogP contribution >= 0.6 is 0 Å². The Morgan fingerprint density at radius 3 is 3.00 bits per heavy atom. The topological polar surface area (TPSA) is 47.6 Å². The molecule has 1 spiro atoms. The summed E-state index contributed by atoms with van der Waals surface area (Å²) in [5.74, 6) is 1.59. The van der Waals surface area contributed by atoms with Crippen LogP contribution in [0.5, 0.6) is 0 Å². The molecule has 0 bridgehead atoms. The molecule has 0 radical (unpaired) electrons. The highest BCUT2D eigenvalue weighted by molar-refractivity contribution is 5.99. The Balaban J connectivity index is 1.79. The molecule has 4 nitrogen and oxygen atoms in total. The molecule has 3 atom stereocenters. The average Bonchev–Trinajstić information content (AvgIpc) is 3.15. The minimum atomic E-state index is 0.0269. The number of aromatic nitrogens is 1. The lowest BCUT2D eigenvalue weighted by atomic mass is 9.70. The van der Waals surface area contributed by atoms with Gasteiger partial charge in [-0.3, -0.25) is 0 Å². The van der Waals surface area contributed by atoms with Crippen LogP contribution in [0.3, 0.4) is 0 Å².